The molecule has 3 fully saturated rings. The van der Waals surface area contributed by atoms with Crippen LogP contribution in [0.25, 0.3) is 0 Å². The molecule has 1 aromatic rings. The van der Waals surface area contributed by atoms with E-state index in [-0.39, 0.29) is 35.8 Å². The van der Waals surface area contributed by atoms with Crippen LogP contribution >= 0.6 is 0 Å². The maximum absolute atomic E-state index is 12.7. The van der Waals surface area contributed by atoms with Gasteiger partial charge in [-0.15, -0.1) is 0 Å². The minimum atomic E-state index is -0.192. The van der Waals surface area contributed by atoms with Gasteiger partial charge in [-0.2, -0.15) is 0 Å². The summed E-state index contributed by atoms with van der Waals surface area (Å²) in [5.74, 6) is 0.550. The van der Waals surface area contributed by atoms with Gasteiger partial charge >= 0.3 is 0 Å². The second-order valence-corrected chi connectivity index (χ2v) is 7.54. The van der Waals surface area contributed by atoms with Crippen molar-refractivity contribution < 1.29 is 14.7 Å². The van der Waals surface area contributed by atoms with Crippen molar-refractivity contribution >= 4 is 11.8 Å². The van der Waals surface area contributed by atoms with Crippen LogP contribution in [-0.4, -0.2) is 34.5 Å². The summed E-state index contributed by atoms with van der Waals surface area (Å²) in [6.07, 6.45) is 1.93. The summed E-state index contributed by atoms with van der Waals surface area (Å²) >= 11 is 0. The van der Waals surface area contributed by atoms with E-state index in [4.69, 9.17) is 0 Å². The number of hydrogen-bond donors (Lipinski definition) is 1. The van der Waals surface area contributed by atoms with Crippen LogP contribution in [-0.2, 0) is 0 Å². The predicted molar refractivity (Wildman–Crippen MR) is 81.3 cm³/mol. The summed E-state index contributed by atoms with van der Waals surface area (Å²) in [4.78, 5) is 26.8. The van der Waals surface area contributed by atoms with Crippen LogP contribution in [0, 0.1) is 23.2 Å². The SMILES string of the molecule is CC1(C)[C@H]2CC(N3C(=O)c4ccccc4C3=O)[C@H](CO)[C@@H]1C2. The summed E-state index contributed by atoms with van der Waals surface area (Å²) in [6.45, 7) is 4.53. The van der Waals surface area contributed by atoms with Gasteiger partial charge in [-0.3, -0.25) is 14.5 Å². The average molecular weight is 299 g/mol. The molecule has 5 rings (SSSR count). The van der Waals surface area contributed by atoms with Crippen molar-refractivity contribution in [2.45, 2.75) is 32.7 Å². The van der Waals surface area contributed by atoms with Crippen LogP contribution in [0.4, 0.5) is 0 Å². The lowest BCUT2D eigenvalue weighted by molar-refractivity contribution is -0.144. The lowest BCUT2D eigenvalue weighted by Gasteiger charge is -2.63. The standard InChI is InChI=1S/C18H21NO3/c1-18(2)10-7-14(18)13(9-20)15(8-10)19-16(21)11-5-3-4-6-12(11)17(19)22/h3-6,10,13-15,20H,7-9H2,1-2H3/t10-,13-,14+,15?/m1/s1. The van der Waals surface area contributed by atoms with E-state index in [1.54, 1.807) is 24.3 Å². The molecule has 3 aliphatic carbocycles. The van der Waals surface area contributed by atoms with Gasteiger partial charge in [0.05, 0.1) is 11.1 Å². The number of aliphatic hydroxyl groups excluding tert-OH is 1. The first kappa shape index (κ1) is 13.9. The third kappa shape index (κ3) is 1.56. The number of imide groups is 1. The largest absolute Gasteiger partial charge is 0.396 e. The van der Waals surface area contributed by atoms with E-state index in [1.165, 1.54) is 4.90 Å². The third-order valence-electron chi connectivity index (χ3n) is 6.45. The van der Waals surface area contributed by atoms with E-state index in [0.717, 1.165) is 12.8 Å². The minimum absolute atomic E-state index is 0.00205. The van der Waals surface area contributed by atoms with Gasteiger partial charge in [0.25, 0.3) is 11.8 Å². The monoisotopic (exact) mass is 299 g/mol. The summed E-state index contributed by atoms with van der Waals surface area (Å²) in [6, 6.07) is 6.86. The Morgan fingerprint density at radius 1 is 1.14 bits per heavy atom. The van der Waals surface area contributed by atoms with Gasteiger partial charge in [0.15, 0.2) is 0 Å². The van der Waals surface area contributed by atoms with Crippen molar-refractivity contribution in [3.63, 3.8) is 0 Å². The van der Waals surface area contributed by atoms with Crippen LogP contribution < -0.4 is 0 Å². The molecule has 1 unspecified atom stereocenters. The zero-order valence-electron chi connectivity index (χ0n) is 13.0. The number of carbonyl (C=O) groups is 2. The molecule has 0 aromatic heterocycles. The topological polar surface area (TPSA) is 57.6 Å². The van der Waals surface area contributed by atoms with Gasteiger partial charge < -0.3 is 5.11 Å². The fourth-order valence-electron chi connectivity index (χ4n) is 4.97. The molecule has 4 atom stereocenters. The second kappa shape index (κ2) is 4.42. The van der Waals surface area contributed by atoms with E-state index in [9.17, 15) is 14.7 Å². The molecule has 4 nitrogen and oxygen atoms in total. The van der Waals surface area contributed by atoms with Crippen LogP contribution in [0.2, 0.25) is 0 Å². The molecular formula is C18H21NO3. The predicted octanol–water partition coefficient (Wildman–Crippen LogP) is 2.33. The van der Waals surface area contributed by atoms with E-state index in [0.29, 0.717) is 23.0 Å². The Balaban J connectivity index is 1.69. The highest BCUT2D eigenvalue weighted by Gasteiger charge is 2.60. The second-order valence-electron chi connectivity index (χ2n) is 7.54. The van der Waals surface area contributed by atoms with Crippen LogP contribution in [0.15, 0.2) is 24.3 Å². The average Bonchev–Trinajstić information content (AvgIpc) is 2.78. The Morgan fingerprint density at radius 2 is 1.73 bits per heavy atom. The molecule has 0 saturated heterocycles. The first-order valence-electron chi connectivity index (χ1n) is 8.04. The summed E-state index contributed by atoms with van der Waals surface area (Å²) in [5, 5.41) is 9.89. The van der Waals surface area contributed by atoms with Gasteiger partial charge in [-0.1, -0.05) is 26.0 Å². The van der Waals surface area contributed by atoms with Gasteiger partial charge in [0.2, 0.25) is 0 Å². The van der Waals surface area contributed by atoms with Crippen molar-refractivity contribution in [2.24, 2.45) is 23.2 Å². The Kier molecular flexibility index (Phi) is 2.80. The number of hydrogen-bond acceptors (Lipinski definition) is 3. The fraction of sp³-hybridized carbons (Fsp3) is 0.556. The quantitative estimate of drug-likeness (QED) is 0.853. The number of benzene rings is 1. The number of nitrogens with zero attached hydrogens (tertiary/aromatic N) is 1. The van der Waals surface area contributed by atoms with E-state index in [1.807, 2.05) is 0 Å². The molecule has 116 valence electrons. The Hall–Kier alpha value is -1.68. The van der Waals surface area contributed by atoms with Crippen LogP contribution in [0.3, 0.4) is 0 Å². The van der Waals surface area contributed by atoms with Gasteiger partial charge in [-0.25, -0.2) is 0 Å². The van der Waals surface area contributed by atoms with Crippen molar-refractivity contribution in [3.05, 3.63) is 35.4 Å². The summed E-state index contributed by atoms with van der Waals surface area (Å²) in [7, 11) is 0. The number of carbonyl (C=O) groups excluding carboxylic acids is 2. The molecule has 3 saturated carbocycles. The molecule has 1 N–H and O–H groups in total. The van der Waals surface area contributed by atoms with Gasteiger partial charge in [-0.05, 0) is 42.2 Å². The zero-order chi connectivity index (χ0) is 15.6. The molecular weight excluding hydrogens is 278 g/mol. The molecule has 2 bridgehead atoms. The first-order chi connectivity index (χ1) is 10.5. The molecule has 1 aromatic carbocycles. The number of aliphatic hydroxyl groups is 1. The molecule has 1 aliphatic heterocycles. The zero-order valence-corrected chi connectivity index (χ0v) is 13.0. The summed E-state index contributed by atoms with van der Waals surface area (Å²) in [5.41, 5.74) is 1.22. The molecule has 1 heterocycles. The van der Waals surface area contributed by atoms with Gasteiger partial charge in [0.1, 0.15) is 0 Å². The Labute approximate surface area is 130 Å². The molecule has 0 spiro atoms. The molecule has 22 heavy (non-hydrogen) atoms. The van der Waals surface area contributed by atoms with Crippen molar-refractivity contribution in [2.75, 3.05) is 6.61 Å². The highest BCUT2D eigenvalue weighted by atomic mass is 16.3. The smallest absolute Gasteiger partial charge is 0.261 e. The van der Waals surface area contributed by atoms with E-state index < -0.39 is 0 Å². The van der Waals surface area contributed by atoms with E-state index >= 15 is 0 Å². The van der Waals surface area contributed by atoms with Crippen LogP contribution in [0.5, 0.6) is 0 Å². The Bertz CT molecular complexity index is 631. The Morgan fingerprint density at radius 3 is 2.23 bits per heavy atom. The van der Waals surface area contributed by atoms with Crippen molar-refractivity contribution in [1.29, 1.82) is 0 Å². The maximum atomic E-state index is 12.7. The van der Waals surface area contributed by atoms with Gasteiger partial charge in [0, 0.05) is 18.6 Å². The molecule has 2 amide bonds. The van der Waals surface area contributed by atoms with Crippen molar-refractivity contribution in [1.82, 2.24) is 4.90 Å². The third-order valence-corrected chi connectivity index (χ3v) is 6.45. The highest BCUT2D eigenvalue weighted by Crippen LogP contribution is 2.62. The number of fused-ring (bicyclic) bond motifs is 3. The number of amides is 2. The summed E-state index contributed by atoms with van der Waals surface area (Å²) < 4.78 is 0. The maximum Gasteiger partial charge on any atom is 0.261 e. The molecule has 4 aliphatic rings. The number of rotatable bonds is 2. The molecule has 0 radical (unpaired) electrons. The lowest BCUT2D eigenvalue weighted by atomic mass is 9.44. The van der Waals surface area contributed by atoms with Crippen LogP contribution in [0.1, 0.15) is 47.4 Å². The highest BCUT2D eigenvalue weighted by molar-refractivity contribution is 6.21. The first-order valence-corrected chi connectivity index (χ1v) is 8.04. The lowest BCUT2D eigenvalue weighted by Crippen LogP contribution is -2.63. The van der Waals surface area contributed by atoms with Crippen molar-refractivity contribution in [3.8, 4) is 0 Å². The fourth-order valence-corrected chi connectivity index (χ4v) is 4.97. The van der Waals surface area contributed by atoms with E-state index in [2.05, 4.69) is 13.8 Å². The normalized spacial score (nSPS) is 35.3. The molecule has 4 heteroatoms. The minimum Gasteiger partial charge on any atom is -0.396 e.